The fourth-order valence-electron chi connectivity index (χ4n) is 2.47. The summed E-state index contributed by atoms with van der Waals surface area (Å²) in [6.45, 7) is 2.19. The number of furan rings is 1. The van der Waals surface area contributed by atoms with Gasteiger partial charge in [-0.1, -0.05) is 13.0 Å². The van der Waals surface area contributed by atoms with Gasteiger partial charge in [0.15, 0.2) is 0 Å². The van der Waals surface area contributed by atoms with Crippen LogP contribution in [0.2, 0.25) is 0 Å². The van der Waals surface area contributed by atoms with Gasteiger partial charge < -0.3 is 15.5 Å². The molecule has 0 radical (unpaired) electrons. The number of hydrogen-bond acceptors (Lipinski definition) is 3. The van der Waals surface area contributed by atoms with E-state index in [-0.39, 0.29) is 5.91 Å². The lowest BCUT2D eigenvalue weighted by atomic mass is 10.2. The molecule has 23 heavy (non-hydrogen) atoms. The normalized spacial score (nSPS) is 19.7. The first-order valence-corrected chi connectivity index (χ1v) is 7.51. The summed E-state index contributed by atoms with van der Waals surface area (Å²) in [5, 5.41) is 2.68. The third kappa shape index (κ3) is 3.69. The van der Waals surface area contributed by atoms with Crippen LogP contribution in [0.1, 0.15) is 41.1 Å². The third-order valence-electron chi connectivity index (χ3n) is 3.94. The van der Waals surface area contributed by atoms with Crippen molar-refractivity contribution in [2.24, 2.45) is 11.7 Å². The Morgan fingerprint density at radius 2 is 2.09 bits per heavy atom. The number of amides is 2. The molecule has 2 atom stereocenters. The lowest BCUT2D eigenvalue weighted by molar-refractivity contribution is -0.111. The van der Waals surface area contributed by atoms with Crippen LogP contribution in [0, 0.1) is 5.92 Å². The Balaban J connectivity index is 1.61. The van der Waals surface area contributed by atoms with Gasteiger partial charge in [0.25, 0.3) is 0 Å². The van der Waals surface area contributed by atoms with Crippen LogP contribution in [0.5, 0.6) is 0 Å². The quantitative estimate of drug-likeness (QED) is 0.832. The van der Waals surface area contributed by atoms with Crippen molar-refractivity contribution in [3.05, 3.63) is 59.6 Å². The number of benzene rings is 1. The van der Waals surface area contributed by atoms with Gasteiger partial charge in [-0.2, -0.15) is 0 Å². The molecule has 0 saturated heterocycles. The van der Waals surface area contributed by atoms with Crippen LogP contribution in [-0.4, -0.2) is 11.8 Å². The number of carbonyl (C=O) groups is 2. The molecule has 3 rings (SSSR count). The van der Waals surface area contributed by atoms with Crippen molar-refractivity contribution < 1.29 is 14.0 Å². The zero-order valence-electron chi connectivity index (χ0n) is 12.8. The summed E-state index contributed by atoms with van der Waals surface area (Å²) in [5.41, 5.74) is 6.08. The van der Waals surface area contributed by atoms with Crippen LogP contribution in [0.15, 0.2) is 46.9 Å². The lowest BCUT2D eigenvalue weighted by Gasteiger charge is -2.03. The second kappa shape index (κ2) is 6.12. The largest absolute Gasteiger partial charge is 0.461 e. The van der Waals surface area contributed by atoms with Gasteiger partial charge in [0.2, 0.25) is 11.8 Å². The first-order valence-electron chi connectivity index (χ1n) is 7.51. The number of nitrogens with two attached hydrogens (primary N) is 1. The van der Waals surface area contributed by atoms with E-state index in [0.29, 0.717) is 28.8 Å². The maximum atomic E-state index is 11.9. The van der Waals surface area contributed by atoms with Crippen molar-refractivity contribution >= 4 is 23.6 Å². The first kappa shape index (κ1) is 15.1. The predicted octanol–water partition coefficient (Wildman–Crippen LogP) is 3.15. The number of primary amides is 1. The maximum absolute atomic E-state index is 11.9. The predicted molar refractivity (Wildman–Crippen MR) is 87.9 cm³/mol. The SMILES string of the molecule is C[C@@H]1C[C@@H]1c1ccc(/C=C/C(=O)Nc2cccc(C(N)=O)c2)o1. The molecule has 3 N–H and O–H groups in total. The van der Waals surface area contributed by atoms with Gasteiger partial charge in [0.1, 0.15) is 11.5 Å². The topological polar surface area (TPSA) is 85.3 Å². The highest BCUT2D eigenvalue weighted by Gasteiger charge is 2.36. The molecular weight excluding hydrogens is 292 g/mol. The van der Waals surface area contributed by atoms with E-state index in [9.17, 15) is 9.59 Å². The van der Waals surface area contributed by atoms with Crippen molar-refractivity contribution in [2.45, 2.75) is 19.3 Å². The standard InChI is InChI=1S/C18H18N2O3/c1-11-9-15(11)16-7-5-14(23-16)6-8-17(21)20-13-4-2-3-12(10-13)18(19)22/h2-8,10-11,15H,9H2,1H3,(H2,19,22)(H,20,21)/b8-6+/t11-,15+/m1/s1. The Morgan fingerprint density at radius 1 is 1.30 bits per heavy atom. The van der Waals surface area contributed by atoms with E-state index in [2.05, 4.69) is 12.2 Å². The van der Waals surface area contributed by atoms with Gasteiger partial charge in [-0.05, 0) is 48.7 Å². The lowest BCUT2D eigenvalue weighted by Crippen LogP contribution is -2.12. The van der Waals surface area contributed by atoms with E-state index < -0.39 is 5.91 Å². The van der Waals surface area contributed by atoms with E-state index >= 15 is 0 Å². The Kier molecular flexibility index (Phi) is 4.02. The smallest absolute Gasteiger partial charge is 0.248 e. The second-order valence-electron chi connectivity index (χ2n) is 5.83. The van der Waals surface area contributed by atoms with Crippen LogP contribution in [0.4, 0.5) is 5.69 Å². The van der Waals surface area contributed by atoms with Crippen LogP contribution in [0.3, 0.4) is 0 Å². The molecule has 1 fully saturated rings. The molecule has 5 nitrogen and oxygen atoms in total. The number of nitrogens with one attached hydrogen (secondary N) is 1. The molecule has 1 aliphatic carbocycles. The summed E-state index contributed by atoms with van der Waals surface area (Å²) in [6.07, 6.45) is 4.19. The molecule has 1 aromatic heterocycles. The van der Waals surface area contributed by atoms with E-state index in [1.165, 1.54) is 12.1 Å². The molecule has 118 valence electrons. The van der Waals surface area contributed by atoms with Gasteiger partial charge in [-0.25, -0.2) is 0 Å². The summed E-state index contributed by atoms with van der Waals surface area (Å²) in [6, 6.07) is 10.3. The summed E-state index contributed by atoms with van der Waals surface area (Å²) in [4.78, 5) is 23.0. The van der Waals surface area contributed by atoms with Crippen molar-refractivity contribution in [1.29, 1.82) is 0 Å². The summed E-state index contributed by atoms with van der Waals surface area (Å²) >= 11 is 0. The Morgan fingerprint density at radius 3 is 2.78 bits per heavy atom. The number of hydrogen-bond donors (Lipinski definition) is 2. The molecular formula is C18H18N2O3. The summed E-state index contributed by atoms with van der Waals surface area (Å²) < 4.78 is 5.70. The molecule has 0 bridgehead atoms. The van der Waals surface area contributed by atoms with Crippen LogP contribution in [-0.2, 0) is 4.79 Å². The van der Waals surface area contributed by atoms with Gasteiger partial charge in [-0.3, -0.25) is 9.59 Å². The van der Waals surface area contributed by atoms with Gasteiger partial charge in [0.05, 0.1) is 0 Å². The molecule has 5 heteroatoms. The highest BCUT2D eigenvalue weighted by atomic mass is 16.3. The van der Waals surface area contributed by atoms with Crippen molar-refractivity contribution in [3.63, 3.8) is 0 Å². The molecule has 1 saturated carbocycles. The minimum absolute atomic E-state index is 0.302. The van der Waals surface area contributed by atoms with Gasteiger partial charge in [0, 0.05) is 23.2 Å². The van der Waals surface area contributed by atoms with E-state index in [4.69, 9.17) is 10.2 Å². The molecule has 1 heterocycles. The summed E-state index contributed by atoms with van der Waals surface area (Å²) in [7, 11) is 0. The highest BCUT2D eigenvalue weighted by Crippen LogP contribution is 2.47. The highest BCUT2D eigenvalue weighted by molar-refractivity contribution is 6.02. The van der Waals surface area contributed by atoms with Gasteiger partial charge >= 0.3 is 0 Å². The molecule has 2 amide bonds. The third-order valence-corrected chi connectivity index (χ3v) is 3.94. The average Bonchev–Trinajstić information content (AvgIpc) is 3.07. The molecule has 2 aromatic rings. The minimum Gasteiger partial charge on any atom is -0.461 e. The van der Waals surface area contributed by atoms with Crippen molar-refractivity contribution in [2.75, 3.05) is 5.32 Å². The van der Waals surface area contributed by atoms with Crippen molar-refractivity contribution in [3.8, 4) is 0 Å². The number of carbonyl (C=O) groups excluding carboxylic acids is 2. The average molecular weight is 310 g/mol. The molecule has 0 spiro atoms. The second-order valence-corrected chi connectivity index (χ2v) is 5.83. The van der Waals surface area contributed by atoms with Crippen LogP contribution >= 0.6 is 0 Å². The molecule has 1 aliphatic rings. The van der Waals surface area contributed by atoms with Gasteiger partial charge in [-0.15, -0.1) is 0 Å². The Hall–Kier alpha value is -2.82. The molecule has 0 unspecified atom stereocenters. The zero-order chi connectivity index (χ0) is 16.4. The molecule has 0 aliphatic heterocycles. The first-order chi connectivity index (χ1) is 11.0. The fraction of sp³-hybridized carbons (Fsp3) is 0.222. The monoisotopic (exact) mass is 310 g/mol. The van der Waals surface area contributed by atoms with E-state index in [1.54, 1.807) is 24.3 Å². The maximum Gasteiger partial charge on any atom is 0.248 e. The number of anilines is 1. The van der Waals surface area contributed by atoms with Crippen molar-refractivity contribution in [1.82, 2.24) is 0 Å². The van der Waals surface area contributed by atoms with Crippen LogP contribution in [0.25, 0.3) is 6.08 Å². The zero-order valence-corrected chi connectivity index (χ0v) is 12.8. The molecule has 1 aromatic carbocycles. The summed E-state index contributed by atoms with van der Waals surface area (Å²) in [5.74, 6) is 1.99. The fourth-order valence-corrected chi connectivity index (χ4v) is 2.47. The van der Waals surface area contributed by atoms with Crippen LogP contribution < -0.4 is 11.1 Å². The minimum atomic E-state index is -0.533. The Labute approximate surface area is 134 Å². The Bertz CT molecular complexity index is 776. The van der Waals surface area contributed by atoms with E-state index in [1.807, 2.05) is 12.1 Å². The number of rotatable bonds is 5. The van der Waals surface area contributed by atoms with E-state index in [0.717, 1.165) is 12.2 Å².